The molecule has 0 bridgehead atoms. The van der Waals surface area contributed by atoms with Crippen molar-refractivity contribution in [1.29, 1.82) is 0 Å². The smallest absolute Gasteiger partial charge is 0.246 e. The predicted octanol–water partition coefficient (Wildman–Crippen LogP) is 5.31. The van der Waals surface area contributed by atoms with Crippen molar-refractivity contribution in [2.75, 3.05) is 11.9 Å². The third-order valence-corrected chi connectivity index (χ3v) is 5.52. The van der Waals surface area contributed by atoms with Crippen molar-refractivity contribution < 1.29 is 4.79 Å². The zero-order chi connectivity index (χ0) is 16.9. The molecule has 1 N–H and O–H groups in total. The van der Waals surface area contributed by atoms with Crippen molar-refractivity contribution in [1.82, 2.24) is 0 Å². The van der Waals surface area contributed by atoms with E-state index in [-0.39, 0.29) is 12.5 Å². The Bertz CT molecular complexity index is 766. The summed E-state index contributed by atoms with van der Waals surface area (Å²) in [5.74, 6) is -0.0716. The second-order valence-electron chi connectivity index (χ2n) is 5.96. The number of aryl methyl sites for hydroxylation is 1. The van der Waals surface area contributed by atoms with Gasteiger partial charge in [0.15, 0.2) is 0 Å². The number of thiophene rings is 1. The lowest BCUT2D eigenvalue weighted by Gasteiger charge is -2.07. The van der Waals surface area contributed by atoms with Crippen LogP contribution in [0.2, 0.25) is 5.02 Å². The third-order valence-electron chi connectivity index (χ3n) is 4.08. The minimum Gasteiger partial charge on any atom is -0.316 e. The lowest BCUT2D eigenvalue weighted by atomic mass is 10.0. The van der Waals surface area contributed by atoms with Gasteiger partial charge in [0.2, 0.25) is 5.91 Å². The number of halogens is 1. The maximum absolute atomic E-state index is 12.0. The molecule has 0 spiro atoms. The highest BCUT2D eigenvalue weighted by molar-refractivity contribution is 7.16. The molecule has 3 rings (SSSR count). The normalized spacial score (nSPS) is 13.9. The van der Waals surface area contributed by atoms with Crippen molar-refractivity contribution in [2.45, 2.75) is 39.0 Å². The highest BCUT2D eigenvalue weighted by Crippen LogP contribution is 2.34. The molecule has 0 saturated carbocycles. The number of rotatable bonds is 6. The Kier molecular flexibility index (Phi) is 5.69. The Hall–Kier alpha value is -1.65. The number of carbonyl (C=O) groups is 1. The molecule has 0 fully saturated rings. The Morgan fingerprint density at radius 2 is 2.04 bits per heavy atom. The van der Waals surface area contributed by atoms with E-state index in [1.54, 1.807) is 11.3 Å². The van der Waals surface area contributed by atoms with Crippen LogP contribution in [0.3, 0.4) is 0 Å². The first-order valence-corrected chi connectivity index (χ1v) is 9.60. The Balaban J connectivity index is 1.91. The van der Waals surface area contributed by atoms with Gasteiger partial charge < -0.3 is 5.32 Å². The molecule has 1 amide bonds. The van der Waals surface area contributed by atoms with E-state index in [1.165, 1.54) is 30.6 Å². The number of aliphatic imine (C=N–C) groups is 1. The van der Waals surface area contributed by atoms with Gasteiger partial charge in [-0.25, -0.2) is 0 Å². The van der Waals surface area contributed by atoms with Gasteiger partial charge in [0.25, 0.3) is 0 Å². The summed E-state index contributed by atoms with van der Waals surface area (Å²) in [7, 11) is 0. The summed E-state index contributed by atoms with van der Waals surface area (Å²) >= 11 is 8.02. The summed E-state index contributed by atoms with van der Waals surface area (Å²) < 4.78 is 0. The number of hydrogen-bond acceptors (Lipinski definition) is 3. The fourth-order valence-electron chi connectivity index (χ4n) is 2.85. The number of fused-ring (bicyclic) bond motifs is 1. The molecule has 2 heterocycles. The van der Waals surface area contributed by atoms with Gasteiger partial charge in [0.1, 0.15) is 11.5 Å². The molecule has 0 unspecified atom stereocenters. The molecular weight excluding hydrogens is 340 g/mol. The van der Waals surface area contributed by atoms with Gasteiger partial charge in [-0.2, -0.15) is 0 Å². The summed E-state index contributed by atoms with van der Waals surface area (Å²) in [5.41, 5.74) is 2.68. The van der Waals surface area contributed by atoms with Crippen LogP contribution in [-0.4, -0.2) is 18.2 Å². The van der Waals surface area contributed by atoms with Crippen LogP contribution in [0, 0.1) is 0 Å². The molecule has 3 nitrogen and oxygen atoms in total. The first-order valence-electron chi connectivity index (χ1n) is 8.41. The van der Waals surface area contributed by atoms with E-state index in [0.717, 1.165) is 28.3 Å². The van der Waals surface area contributed by atoms with Gasteiger partial charge in [-0.05, 0) is 25.0 Å². The van der Waals surface area contributed by atoms with Gasteiger partial charge in [-0.3, -0.25) is 9.79 Å². The number of nitrogens with zero attached hydrogens (tertiary/aromatic N) is 1. The highest BCUT2D eigenvalue weighted by atomic mass is 35.5. The number of anilines is 1. The van der Waals surface area contributed by atoms with E-state index in [1.807, 2.05) is 24.3 Å². The lowest BCUT2D eigenvalue weighted by molar-refractivity contribution is -0.114. The van der Waals surface area contributed by atoms with Crippen LogP contribution in [0.15, 0.2) is 35.3 Å². The summed E-state index contributed by atoms with van der Waals surface area (Å²) in [6.07, 6.45) is 5.98. The number of unbranched alkanes of at least 4 members (excludes halogenated alkanes) is 3. The first-order chi connectivity index (χ1) is 11.7. The van der Waals surface area contributed by atoms with Crippen molar-refractivity contribution in [3.05, 3.63) is 51.4 Å². The van der Waals surface area contributed by atoms with E-state index < -0.39 is 0 Å². The molecule has 2 aromatic rings. The number of benzene rings is 1. The second-order valence-corrected chi connectivity index (χ2v) is 7.50. The van der Waals surface area contributed by atoms with E-state index in [0.29, 0.717) is 5.02 Å². The minimum absolute atomic E-state index is 0.0716. The Morgan fingerprint density at radius 3 is 2.83 bits per heavy atom. The molecule has 0 atom stereocenters. The van der Waals surface area contributed by atoms with Crippen LogP contribution in [0.5, 0.6) is 0 Å². The van der Waals surface area contributed by atoms with E-state index in [4.69, 9.17) is 11.6 Å². The molecule has 1 aliphatic heterocycles. The zero-order valence-corrected chi connectivity index (χ0v) is 15.3. The lowest BCUT2D eigenvalue weighted by Crippen LogP contribution is -2.12. The number of amides is 1. The van der Waals surface area contributed by atoms with Crippen LogP contribution in [0.25, 0.3) is 0 Å². The standard InChI is InChI=1S/C19H21ClN2OS/c1-2-3-4-5-8-13-11-15-18(14-9-6-7-10-16(14)20)21-12-17(23)22-19(15)24-13/h6-7,9-11H,2-5,8,12H2,1H3,(H,22,23). The average Bonchev–Trinajstić information content (AvgIpc) is 2.89. The topological polar surface area (TPSA) is 41.5 Å². The van der Waals surface area contributed by atoms with Crippen LogP contribution in [0.1, 0.15) is 48.6 Å². The van der Waals surface area contributed by atoms with Gasteiger partial charge in [-0.1, -0.05) is 56.0 Å². The fraction of sp³-hybridized carbons (Fsp3) is 0.368. The van der Waals surface area contributed by atoms with Gasteiger partial charge >= 0.3 is 0 Å². The summed E-state index contributed by atoms with van der Waals surface area (Å²) in [4.78, 5) is 17.8. The van der Waals surface area contributed by atoms with E-state index in [2.05, 4.69) is 23.3 Å². The zero-order valence-electron chi connectivity index (χ0n) is 13.8. The molecule has 5 heteroatoms. The summed E-state index contributed by atoms with van der Waals surface area (Å²) in [6.45, 7) is 2.35. The summed E-state index contributed by atoms with van der Waals surface area (Å²) in [6, 6.07) is 9.83. The average molecular weight is 361 g/mol. The molecule has 0 aliphatic carbocycles. The van der Waals surface area contributed by atoms with Gasteiger partial charge in [-0.15, -0.1) is 11.3 Å². The second kappa shape index (κ2) is 7.95. The highest BCUT2D eigenvalue weighted by Gasteiger charge is 2.22. The fourth-order valence-corrected chi connectivity index (χ4v) is 4.19. The minimum atomic E-state index is -0.0716. The number of hydrogen-bond donors (Lipinski definition) is 1. The molecule has 1 aromatic carbocycles. The maximum Gasteiger partial charge on any atom is 0.246 e. The summed E-state index contributed by atoms with van der Waals surface area (Å²) in [5, 5.41) is 4.54. The molecular formula is C19H21ClN2OS. The van der Waals surface area contributed by atoms with Crippen LogP contribution in [0.4, 0.5) is 5.00 Å². The van der Waals surface area contributed by atoms with E-state index >= 15 is 0 Å². The molecule has 126 valence electrons. The van der Waals surface area contributed by atoms with Gasteiger partial charge in [0, 0.05) is 21.0 Å². The first kappa shape index (κ1) is 17.2. The van der Waals surface area contributed by atoms with Crippen molar-refractivity contribution in [3.63, 3.8) is 0 Å². The quantitative estimate of drug-likeness (QED) is 0.696. The van der Waals surface area contributed by atoms with Crippen molar-refractivity contribution in [2.24, 2.45) is 4.99 Å². The number of nitrogens with one attached hydrogen (secondary N) is 1. The third kappa shape index (κ3) is 3.87. The number of carbonyl (C=O) groups excluding carboxylic acids is 1. The Morgan fingerprint density at radius 1 is 1.21 bits per heavy atom. The van der Waals surface area contributed by atoms with Crippen molar-refractivity contribution in [3.8, 4) is 0 Å². The molecule has 1 aliphatic rings. The van der Waals surface area contributed by atoms with Crippen LogP contribution < -0.4 is 5.32 Å². The van der Waals surface area contributed by atoms with Gasteiger partial charge in [0.05, 0.1) is 5.71 Å². The predicted molar refractivity (Wildman–Crippen MR) is 103 cm³/mol. The monoisotopic (exact) mass is 360 g/mol. The Labute approximate surface area is 151 Å². The van der Waals surface area contributed by atoms with Crippen LogP contribution in [-0.2, 0) is 11.2 Å². The maximum atomic E-state index is 12.0. The molecule has 0 saturated heterocycles. The van der Waals surface area contributed by atoms with Crippen molar-refractivity contribution >= 4 is 39.6 Å². The molecule has 24 heavy (non-hydrogen) atoms. The van der Waals surface area contributed by atoms with E-state index in [9.17, 15) is 4.79 Å². The van der Waals surface area contributed by atoms with Crippen LogP contribution >= 0.6 is 22.9 Å². The SMILES string of the molecule is CCCCCCc1cc2c(s1)NC(=O)CN=C2c1ccccc1Cl. The molecule has 0 radical (unpaired) electrons. The molecule has 1 aromatic heterocycles. The largest absolute Gasteiger partial charge is 0.316 e.